The minimum Gasteiger partial charge on any atom is -0.320 e. The minimum absolute atomic E-state index is 0.0407. The lowest BCUT2D eigenvalue weighted by Crippen LogP contribution is -2.32. The Balaban J connectivity index is 1.98. The van der Waals surface area contributed by atoms with Gasteiger partial charge in [0.2, 0.25) is 5.13 Å². The molecule has 0 saturated heterocycles. The number of aromatic nitrogens is 4. The highest BCUT2D eigenvalue weighted by atomic mass is 32.1. The average Bonchev–Trinajstić information content (AvgIpc) is 2.98. The number of carbonyl (C=O) groups excluding carboxylic acids is 1. The molecule has 0 aliphatic carbocycles. The van der Waals surface area contributed by atoms with Crippen molar-refractivity contribution in [3.05, 3.63) is 23.2 Å². The molecule has 0 aliphatic rings. The van der Waals surface area contributed by atoms with Crippen LogP contribution in [-0.4, -0.2) is 37.7 Å². The van der Waals surface area contributed by atoms with Crippen LogP contribution in [0.15, 0.2) is 12.4 Å². The summed E-state index contributed by atoms with van der Waals surface area (Å²) < 4.78 is 26.0. The van der Waals surface area contributed by atoms with Crippen LogP contribution in [-0.2, 0) is 6.54 Å². The second-order valence-electron chi connectivity index (χ2n) is 3.94. The van der Waals surface area contributed by atoms with Crippen LogP contribution in [0.3, 0.4) is 0 Å². The van der Waals surface area contributed by atoms with Crippen molar-refractivity contribution in [3.8, 4) is 0 Å². The summed E-state index contributed by atoms with van der Waals surface area (Å²) in [5.41, 5.74) is 0. The number of nitrogens with one attached hydrogen (secondary N) is 1. The lowest BCUT2D eigenvalue weighted by Gasteiger charge is -2.17. The van der Waals surface area contributed by atoms with Crippen molar-refractivity contribution in [2.75, 3.05) is 12.4 Å². The van der Waals surface area contributed by atoms with Crippen LogP contribution < -0.4 is 5.32 Å². The van der Waals surface area contributed by atoms with E-state index in [1.54, 1.807) is 6.92 Å². The van der Waals surface area contributed by atoms with Crippen LogP contribution in [0, 0.1) is 6.92 Å². The van der Waals surface area contributed by atoms with E-state index in [-0.39, 0.29) is 12.4 Å². The Morgan fingerprint density at radius 3 is 2.90 bits per heavy atom. The van der Waals surface area contributed by atoms with Gasteiger partial charge in [-0.05, 0) is 6.92 Å². The van der Waals surface area contributed by atoms with Crippen LogP contribution in [0.2, 0.25) is 0 Å². The number of hydrogen-bond acceptors (Lipinski definition) is 5. The maximum atomic E-state index is 12.6. The zero-order valence-electron chi connectivity index (χ0n) is 10.7. The molecule has 7 nitrogen and oxygen atoms in total. The van der Waals surface area contributed by atoms with Crippen LogP contribution in [0.25, 0.3) is 0 Å². The molecule has 2 heterocycles. The van der Waals surface area contributed by atoms with Crippen molar-refractivity contribution < 1.29 is 13.6 Å². The highest BCUT2D eigenvalue weighted by Gasteiger charge is 2.17. The van der Waals surface area contributed by atoms with Gasteiger partial charge in [-0.2, -0.15) is 8.78 Å². The molecule has 2 aromatic heterocycles. The molecule has 20 heavy (non-hydrogen) atoms. The number of aryl methyl sites for hydroxylation is 1. The Bertz CT molecular complexity index is 598. The van der Waals surface area contributed by atoms with Gasteiger partial charge < -0.3 is 4.90 Å². The molecular weight excluding hydrogens is 290 g/mol. The van der Waals surface area contributed by atoms with Gasteiger partial charge in [0.25, 0.3) is 0 Å². The molecule has 0 fully saturated rings. The zero-order valence-corrected chi connectivity index (χ0v) is 11.6. The van der Waals surface area contributed by atoms with E-state index in [1.807, 2.05) is 0 Å². The number of urea groups is 1. The summed E-state index contributed by atoms with van der Waals surface area (Å²) in [5, 5.41) is 11.1. The van der Waals surface area contributed by atoms with Crippen molar-refractivity contribution in [1.29, 1.82) is 0 Å². The van der Waals surface area contributed by atoms with Crippen LogP contribution >= 0.6 is 11.3 Å². The predicted molar refractivity (Wildman–Crippen MR) is 68.6 cm³/mol. The second-order valence-corrected chi connectivity index (χ2v) is 5.12. The summed E-state index contributed by atoms with van der Waals surface area (Å²) in [5.74, 6) is 0.103. The molecule has 0 aliphatic heterocycles. The van der Waals surface area contributed by atoms with Gasteiger partial charge in [-0.3, -0.25) is 9.88 Å². The summed E-state index contributed by atoms with van der Waals surface area (Å²) in [6.45, 7) is -0.966. The fourth-order valence-electron chi connectivity index (χ4n) is 1.46. The van der Waals surface area contributed by atoms with E-state index in [2.05, 4.69) is 20.5 Å². The molecule has 0 spiro atoms. The summed E-state index contributed by atoms with van der Waals surface area (Å²) in [4.78, 5) is 16.9. The number of carbonyl (C=O) groups is 1. The Hall–Kier alpha value is -2.10. The standard InChI is InChI=1S/C10H12F2N6OS/c1-6-15-16-9(20-6)14-10(19)17(2)5-7-13-3-4-18(7)8(11)12/h3-4,8H,5H2,1-2H3,(H,14,16,19). The number of amides is 2. The Labute approximate surface area is 117 Å². The molecule has 0 radical (unpaired) electrons. The van der Waals surface area contributed by atoms with Gasteiger partial charge in [-0.25, -0.2) is 9.78 Å². The summed E-state index contributed by atoms with van der Waals surface area (Å²) in [7, 11) is 1.48. The van der Waals surface area contributed by atoms with Crippen molar-refractivity contribution in [1.82, 2.24) is 24.6 Å². The first-order chi connectivity index (χ1) is 9.47. The number of anilines is 1. The van der Waals surface area contributed by atoms with Gasteiger partial charge in [0.15, 0.2) is 0 Å². The molecule has 0 aromatic carbocycles. The lowest BCUT2D eigenvalue weighted by atomic mass is 10.5. The molecule has 0 atom stereocenters. The second kappa shape index (κ2) is 5.90. The third kappa shape index (κ3) is 3.26. The fraction of sp³-hybridized carbons (Fsp3) is 0.400. The van der Waals surface area contributed by atoms with Gasteiger partial charge >= 0.3 is 12.6 Å². The summed E-state index contributed by atoms with van der Waals surface area (Å²) in [6, 6.07) is -0.468. The zero-order chi connectivity index (χ0) is 14.7. The number of alkyl halides is 2. The van der Waals surface area contributed by atoms with E-state index in [0.717, 1.165) is 5.01 Å². The topological polar surface area (TPSA) is 75.9 Å². The Kier molecular flexibility index (Phi) is 4.23. The van der Waals surface area contributed by atoms with Crippen molar-refractivity contribution in [2.45, 2.75) is 20.0 Å². The lowest BCUT2D eigenvalue weighted by molar-refractivity contribution is 0.0652. The normalized spacial score (nSPS) is 10.8. The summed E-state index contributed by atoms with van der Waals surface area (Å²) >= 11 is 1.23. The molecule has 2 rings (SSSR count). The number of halogens is 2. The van der Waals surface area contributed by atoms with E-state index in [4.69, 9.17) is 0 Å². The van der Waals surface area contributed by atoms with Gasteiger partial charge in [0.05, 0.1) is 6.54 Å². The average molecular weight is 302 g/mol. The molecule has 0 unspecified atom stereocenters. The monoisotopic (exact) mass is 302 g/mol. The maximum Gasteiger partial charge on any atom is 0.323 e. The first-order valence-electron chi connectivity index (χ1n) is 5.59. The summed E-state index contributed by atoms with van der Waals surface area (Å²) in [6.07, 6.45) is 2.43. The van der Waals surface area contributed by atoms with Crippen LogP contribution in [0.5, 0.6) is 0 Å². The molecule has 2 amide bonds. The molecule has 0 saturated carbocycles. The van der Waals surface area contributed by atoms with E-state index < -0.39 is 12.6 Å². The number of rotatable bonds is 4. The smallest absolute Gasteiger partial charge is 0.320 e. The van der Waals surface area contributed by atoms with Gasteiger partial charge in [-0.1, -0.05) is 11.3 Å². The van der Waals surface area contributed by atoms with Crippen molar-refractivity contribution in [3.63, 3.8) is 0 Å². The number of imidazole rings is 1. The third-order valence-electron chi connectivity index (χ3n) is 2.42. The van der Waals surface area contributed by atoms with Crippen molar-refractivity contribution >= 4 is 22.5 Å². The minimum atomic E-state index is -2.69. The molecule has 0 bridgehead atoms. The SMILES string of the molecule is Cc1nnc(NC(=O)N(C)Cc2nccn2C(F)F)s1. The van der Waals surface area contributed by atoms with E-state index in [9.17, 15) is 13.6 Å². The first kappa shape index (κ1) is 14.3. The number of hydrogen-bond donors (Lipinski definition) is 1. The van der Waals surface area contributed by atoms with Gasteiger partial charge in [0.1, 0.15) is 10.8 Å². The van der Waals surface area contributed by atoms with Crippen LogP contribution in [0.4, 0.5) is 18.7 Å². The predicted octanol–water partition coefficient (Wildman–Crippen LogP) is 2.10. The Morgan fingerprint density at radius 2 is 2.30 bits per heavy atom. The molecule has 10 heteroatoms. The highest BCUT2D eigenvalue weighted by Crippen LogP contribution is 2.16. The van der Waals surface area contributed by atoms with Gasteiger partial charge in [-0.15, -0.1) is 10.2 Å². The molecule has 2 aromatic rings. The molecule has 108 valence electrons. The van der Waals surface area contributed by atoms with Crippen LogP contribution in [0.1, 0.15) is 17.4 Å². The maximum absolute atomic E-state index is 12.6. The van der Waals surface area contributed by atoms with Crippen molar-refractivity contribution in [2.24, 2.45) is 0 Å². The largest absolute Gasteiger partial charge is 0.323 e. The quantitative estimate of drug-likeness (QED) is 0.938. The van der Waals surface area contributed by atoms with E-state index in [0.29, 0.717) is 9.70 Å². The van der Waals surface area contributed by atoms with E-state index in [1.165, 1.54) is 35.7 Å². The Morgan fingerprint density at radius 1 is 1.55 bits per heavy atom. The number of nitrogens with zero attached hydrogens (tertiary/aromatic N) is 5. The molecular formula is C10H12F2N6OS. The molecule has 1 N–H and O–H groups in total. The highest BCUT2D eigenvalue weighted by molar-refractivity contribution is 7.15. The first-order valence-corrected chi connectivity index (χ1v) is 6.41. The van der Waals surface area contributed by atoms with Gasteiger partial charge in [0, 0.05) is 19.4 Å². The third-order valence-corrected chi connectivity index (χ3v) is 3.18. The van der Waals surface area contributed by atoms with E-state index >= 15 is 0 Å². The fourth-order valence-corrected chi connectivity index (χ4v) is 2.04.